The lowest BCUT2D eigenvalue weighted by atomic mass is 9.86. The highest BCUT2D eigenvalue weighted by Gasteiger charge is 2.38. The number of hydrogen-bond acceptors (Lipinski definition) is 4. The Labute approximate surface area is 184 Å². The van der Waals surface area contributed by atoms with Crippen LogP contribution in [-0.4, -0.2) is 25.6 Å². The minimum absolute atomic E-state index is 0.0343. The van der Waals surface area contributed by atoms with Crippen molar-refractivity contribution in [1.82, 2.24) is 0 Å². The first kappa shape index (κ1) is 22.3. The van der Waals surface area contributed by atoms with Gasteiger partial charge in [-0.05, 0) is 60.7 Å². The maximum Gasteiger partial charge on any atom is 0.340 e. The van der Waals surface area contributed by atoms with E-state index < -0.39 is 5.97 Å². The standard InChI is InChI=1S/C26H29NO4/c1-7-31-25(29)23-17(2)27(20-12-14-21(30-6)15-13-20)24(28)22(23)16-18-8-10-19(11-9-18)26(3,4)5/h8-16H,7H2,1-6H3/b22-16-. The predicted octanol–water partition coefficient (Wildman–Crippen LogP) is 5.26. The van der Waals surface area contributed by atoms with Crippen molar-refractivity contribution in [1.29, 1.82) is 0 Å². The molecule has 162 valence electrons. The molecule has 5 nitrogen and oxygen atoms in total. The highest BCUT2D eigenvalue weighted by molar-refractivity contribution is 6.23. The van der Waals surface area contributed by atoms with Gasteiger partial charge in [0.1, 0.15) is 5.75 Å². The van der Waals surface area contributed by atoms with Crippen molar-refractivity contribution in [3.8, 4) is 5.75 Å². The number of carbonyl (C=O) groups excluding carboxylic acids is 2. The number of allylic oxidation sites excluding steroid dienone is 1. The smallest absolute Gasteiger partial charge is 0.340 e. The van der Waals surface area contributed by atoms with Crippen LogP contribution in [0.15, 0.2) is 65.4 Å². The zero-order chi connectivity index (χ0) is 22.8. The Kier molecular flexibility index (Phi) is 6.34. The first-order chi connectivity index (χ1) is 14.7. The lowest BCUT2D eigenvalue weighted by Crippen LogP contribution is -2.24. The molecule has 5 heteroatoms. The summed E-state index contributed by atoms with van der Waals surface area (Å²) in [7, 11) is 1.59. The average molecular weight is 420 g/mol. The fraction of sp³-hybridized carbons (Fsp3) is 0.308. The molecule has 2 aromatic carbocycles. The van der Waals surface area contributed by atoms with E-state index in [-0.39, 0.29) is 17.9 Å². The van der Waals surface area contributed by atoms with E-state index in [1.165, 1.54) is 5.56 Å². The van der Waals surface area contributed by atoms with Gasteiger partial charge < -0.3 is 9.47 Å². The minimum Gasteiger partial charge on any atom is -0.497 e. The fourth-order valence-electron chi connectivity index (χ4n) is 3.57. The van der Waals surface area contributed by atoms with E-state index in [1.54, 1.807) is 56.2 Å². The van der Waals surface area contributed by atoms with E-state index in [2.05, 4.69) is 20.8 Å². The SMILES string of the molecule is CCOC(=O)C1=C(C)N(c2ccc(OC)cc2)C(=O)/C1=C\c1ccc(C(C)(C)C)cc1. The molecule has 3 rings (SSSR count). The van der Waals surface area contributed by atoms with Crippen LogP contribution < -0.4 is 9.64 Å². The summed E-state index contributed by atoms with van der Waals surface area (Å²) in [6.07, 6.45) is 1.76. The zero-order valence-electron chi connectivity index (χ0n) is 19.0. The summed E-state index contributed by atoms with van der Waals surface area (Å²) in [6, 6.07) is 15.2. The quantitative estimate of drug-likeness (QED) is 0.490. The lowest BCUT2D eigenvalue weighted by molar-refractivity contribution is -0.138. The van der Waals surface area contributed by atoms with Gasteiger partial charge in [-0.15, -0.1) is 0 Å². The van der Waals surface area contributed by atoms with Gasteiger partial charge in [0.2, 0.25) is 0 Å². The van der Waals surface area contributed by atoms with Gasteiger partial charge in [-0.1, -0.05) is 45.0 Å². The van der Waals surface area contributed by atoms with Gasteiger partial charge in [0, 0.05) is 11.4 Å². The van der Waals surface area contributed by atoms with Gasteiger partial charge in [-0.25, -0.2) is 4.79 Å². The van der Waals surface area contributed by atoms with Gasteiger partial charge >= 0.3 is 5.97 Å². The van der Waals surface area contributed by atoms with Crippen LogP contribution in [0.1, 0.15) is 45.7 Å². The number of hydrogen-bond donors (Lipinski definition) is 0. The van der Waals surface area contributed by atoms with Gasteiger partial charge in [-0.3, -0.25) is 9.69 Å². The van der Waals surface area contributed by atoms with Crippen LogP contribution >= 0.6 is 0 Å². The molecule has 0 radical (unpaired) electrons. The monoisotopic (exact) mass is 419 g/mol. The van der Waals surface area contributed by atoms with Crippen LogP contribution in [0.5, 0.6) is 5.75 Å². The number of carbonyl (C=O) groups is 2. The van der Waals surface area contributed by atoms with Crippen LogP contribution in [0.25, 0.3) is 6.08 Å². The van der Waals surface area contributed by atoms with Crippen molar-refractivity contribution in [3.63, 3.8) is 0 Å². The Morgan fingerprint density at radius 2 is 1.65 bits per heavy atom. The molecule has 0 saturated carbocycles. The molecular formula is C26H29NO4. The Bertz CT molecular complexity index is 1040. The highest BCUT2D eigenvalue weighted by atomic mass is 16.5. The van der Waals surface area contributed by atoms with Crippen molar-refractivity contribution in [2.24, 2.45) is 0 Å². The molecule has 0 bridgehead atoms. The Morgan fingerprint density at radius 3 is 2.16 bits per heavy atom. The third-order valence-electron chi connectivity index (χ3n) is 5.30. The van der Waals surface area contributed by atoms with E-state index in [0.29, 0.717) is 28.3 Å². The van der Waals surface area contributed by atoms with Gasteiger partial charge in [0.25, 0.3) is 5.91 Å². The number of esters is 1. The lowest BCUT2D eigenvalue weighted by Gasteiger charge is -2.19. The van der Waals surface area contributed by atoms with Crippen LogP contribution in [0.4, 0.5) is 5.69 Å². The molecule has 0 aliphatic carbocycles. The topological polar surface area (TPSA) is 55.8 Å². The largest absolute Gasteiger partial charge is 0.497 e. The Balaban J connectivity index is 2.06. The van der Waals surface area contributed by atoms with Crippen molar-refractivity contribution in [2.45, 2.75) is 40.0 Å². The van der Waals surface area contributed by atoms with Gasteiger partial charge in [0.05, 0.1) is 24.9 Å². The maximum atomic E-state index is 13.4. The molecule has 0 atom stereocenters. The van der Waals surface area contributed by atoms with Gasteiger partial charge in [0.15, 0.2) is 0 Å². The number of rotatable bonds is 5. The van der Waals surface area contributed by atoms with Crippen LogP contribution in [0, 0.1) is 0 Å². The van der Waals surface area contributed by atoms with Crippen molar-refractivity contribution in [3.05, 3.63) is 76.5 Å². The molecule has 1 aliphatic rings. The first-order valence-corrected chi connectivity index (χ1v) is 10.4. The number of anilines is 1. The van der Waals surface area contributed by atoms with E-state index in [4.69, 9.17) is 9.47 Å². The molecule has 2 aromatic rings. The van der Waals surface area contributed by atoms with E-state index >= 15 is 0 Å². The molecule has 0 unspecified atom stereocenters. The molecule has 0 fully saturated rings. The molecule has 1 heterocycles. The fourth-order valence-corrected chi connectivity index (χ4v) is 3.57. The summed E-state index contributed by atoms with van der Waals surface area (Å²) in [5, 5.41) is 0. The number of amides is 1. The Hall–Kier alpha value is -3.34. The molecule has 0 saturated heterocycles. The normalized spacial score (nSPS) is 15.6. The van der Waals surface area contributed by atoms with Gasteiger partial charge in [-0.2, -0.15) is 0 Å². The molecule has 31 heavy (non-hydrogen) atoms. The van der Waals surface area contributed by atoms with E-state index in [9.17, 15) is 9.59 Å². The second-order valence-electron chi connectivity index (χ2n) is 8.45. The molecule has 1 aliphatic heterocycles. The summed E-state index contributed by atoms with van der Waals surface area (Å²) < 4.78 is 10.5. The third-order valence-corrected chi connectivity index (χ3v) is 5.30. The number of methoxy groups -OCH3 is 1. The van der Waals surface area contributed by atoms with Crippen LogP contribution in [0.3, 0.4) is 0 Å². The van der Waals surface area contributed by atoms with Crippen LogP contribution in [-0.2, 0) is 19.7 Å². The highest BCUT2D eigenvalue weighted by Crippen LogP contribution is 2.36. The molecule has 0 spiro atoms. The number of benzene rings is 2. The van der Waals surface area contributed by atoms with E-state index in [0.717, 1.165) is 5.56 Å². The Morgan fingerprint density at radius 1 is 1.03 bits per heavy atom. The predicted molar refractivity (Wildman–Crippen MR) is 123 cm³/mol. The molecule has 0 N–H and O–H groups in total. The third kappa shape index (κ3) is 4.55. The second kappa shape index (κ2) is 8.80. The summed E-state index contributed by atoms with van der Waals surface area (Å²) in [4.78, 5) is 27.7. The zero-order valence-corrected chi connectivity index (χ0v) is 19.0. The summed E-state index contributed by atoms with van der Waals surface area (Å²) >= 11 is 0. The second-order valence-corrected chi connectivity index (χ2v) is 8.45. The first-order valence-electron chi connectivity index (χ1n) is 10.4. The van der Waals surface area contributed by atoms with E-state index in [1.807, 2.05) is 24.3 Å². The average Bonchev–Trinajstić information content (AvgIpc) is 2.97. The summed E-state index contributed by atoms with van der Waals surface area (Å²) in [6.45, 7) is 10.2. The number of ether oxygens (including phenoxy) is 2. The molecule has 1 amide bonds. The molecule has 0 aromatic heterocycles. The van der Waals surface area contributed by atoms with Crippen molar-refractivity contribution >= 4 is 23.6 Å². The summed E-state index contributed by atoms with van der Waals surface area (Å²) in [5.74, 6) is -0.0649. The maximum absolute atomic E-state index is 13.4. The van der Waals surface area contributed by atoms with Crippen LogP contribution in [0.2, 0.25) is 0 Å². The summed E-state index contributed by atoms with van der Waals surface area (Å²) in [5.41, 5.74) is 3.92. The van der Waals surface area contributed by atoms with Crippen molar-refractivity contribution < 1.29 is 19.1 Å². The molecular weight excluding hydrogens is 390 g/mol. The van der Waals surface area contributed by atoms with Crippen molar-refractivity contribution in [2.75, 3.05) is 18.6 Å². The number of nitrogens with zero attached hydrogens (tertiary/aromatic N) is 1. The minimum atomic E-state index is -0.498.